The van der Waals surface area contributed by atoms with E-state index >= 15 is 0 Å². The predicted octanol–water partition coefficient (Wildman–Crippen LogP) is 4.76. The van der Waals surface area contributed by atoms with Crippen molar-refractivity contribution < 1.29 is 30.7 Å². The number of hydrogen-bond donors (Lipinski definition) is 0. The fourth-order valence-corrected chi connectivity index (χ4v) is 5.59. The Balaban J connectivity index is 1.30. The molecule has 3 aromatic heterocycles. The van der Waals surface area contributed by atoms with E-state index in [1.54, 1.807) is 10.3 Å². The van der Waals surface area contributed by atoms with Gasteiger partial charge in [0.2, 0.25) is 11.8 Å². The Bertz CT molecular complexity index is 1550. The molecule has 0 saturated carbocycles. The minimum Gasteiger partial charge on any atom is -0.473 e. The van der Waals surface area contributed by atoms with Crippen molar-refractivity contribution in [1.82, 2.24) is 19.9 Å². The molecule has 0 atom stereocenters. The van der Waals surface area contributed by atoms with Crippen LogP contribution in [0.15, 0.2) is 47.2 Å². The van der Waals surface area contributed by atoms with Crippen LogP contribution in [-0.2, 0) is 16.0 Å². The molecule has 1 aliphatic rings. The second-order valence-electron chi connectivity index (χ2n) is 8.49. The zero-order chi connectivity index (χ0) is 26.4. The maximum Gasteiger partial charge on any atom is 0.419 e. The number of fused-ring (bicyclic) bond motifs is 1. The quantitative estimate of drug-likeness (QED) is 0.327. The fraction of sp³-hybridized carbons (Fsp3) is 0.304. The van der Waals surface area contributed by atoms with Gasteiger partial charge in [-0.25, -0.2) is 32.7 Å². The van der Waals surface area contributed by atoms with Gasteiger partial charge in [0.25, 0.3) is 0 Å². The van der Waals surface area contributed by atoms with Gasteiger partial charge in [0, 0.05) is 61.1 Å². The highest BCUT2D eigenvalue weighted by molar-refractivity contribution is 7.90. The van der Waals surface area contributed by atoms with E-state index in [-0.39, 0.29) is 22.5 Å². The lowest BCUT2D eigenvalue weighted by molar-refractivity contribution is -0.138. The summed E-state index contributed by atoms with van der Waals surface area (Å²) in [7, 11) is -3.55. The Hall–Kier alpha value is -3.39. The van der Waals surface area contributed by atoms with Gasteiger partial charge in [-0.05, 0) is 12.1 Å². The van der Waals surface area contributed by atoms with Crippen LogP contribution in [0, 0.1) is 5.82 Å². The van der Waals surface area contributed by atoms with Gasteiger partial charge in [0.05, 0.1) is 16.0 Å². The molecule has 0 spiro atoms. The van der Waals surface area contributed by atoms with Crippen LogP contribution in [0.25, 0.3) is 21.3 Å². The molecule has 4 aromatic rings. The highest BCUT2D eigenvalue weighted by Gasteiger charge is 2.32. The second-order valence-corrected chi connectivity index (χ2v) is 11.4. The van der Waals surface area contributed by atoms with E-state index < -0.39 is 27.4 Å². The number of nitrogens with zero attached hydrogens (tertiary/aromatic N) is 5. The number of benzene rings is 1. The van der Waals surface area contributed by atoms with Crippen molar-refractivity contribution in [3.63, 3.8) is 0 Å². The second kappa shape index (κ2) is 9.49. The number of hydrogen-bond acceptors (Lipinski definition) is 9. The SMILES string of the molecule is CS(=O)(=O)c1ccc(-c2csc3c(OC4CCN(c5ncc(C(F)(F)F)cn5)CC4)ncnc23)c(F)c1. The summed E-state index contributed by atoms with van der Waals surface area (Å²) in [6.07, 6.45) is 0.310. The van der Waals surface area contributed by atoms with Gasteiger partial charge in [0.15, 0.2) is 9.84 Å². The van der Waals surface area contributed by atoms with Crippen LogP contribution in [-0.4, -0.2) is 53.8 Å². The van der Waals surface area contributed by atoms with Gasteiger partial charge >= 0.3 is 6.18 Å². The van der Waals surface area contributed by atoms with Crippen LogP contribution in [0.3, 0.4) is 0 Å². The molecule has 0 aliphatic carbocycles. The van der Waals surface area contributed by atoms with Crippen molar-refractivity contribution in [3.8, 4) is 17.0 Å². The van der Waals surface area contributed by atoms with Crippen molar-refractivity contribution >= 4 is 37.3 Å². The number of rotatable bonds is 5. The number of ether oxygens (including phenoxy) is 1. The van der Waals surface area contributed by atoms with Crippen LogP contribution in [0.4, 0.5) is 23.5 Å². The van der Waals surface area contributed by atoms with E-state index in [0.717, 1.165) is 24.7 Å². The highest BCUT2D eigenvalue weighted by Crippen LogP contribution is 2.38. The predicted molar refractivity (Wildman–Crippen MR) is 129 cm³/mol. The molecule has 194 valence electrons. The maximum atomic E-state index is 14.8. The summed E-state index contributed by atoms with van der Waals surface area (Å²) in [6.45, 7) is 0.968. The molecular formula is C23H19F4N5O3S2. The number of alkyl halides is 3. The monoisotopic (exact) mass is 553 g/mol. The van der Waals surface area contributed by atoms with E-state index in [1.807, 2.05) is 0 Å². The molecular weight excluding hydrogens is 534 g/mol. The lowest BCUT2D eigenvalue weighted by Crippen LogP contribution is -2.39. The first kappa shape index (κ1) is 25.3. The first-order chi connectivity index (χ1) is 17.5. The molecule has 0 radical (unpaired) electrons. The zero-order valence-corrected chi connectivity index (χ0v) is 20.9. The van der Waals surface area contributed by atoms with Gasteiger partial charge in [-0.3, -0.25) is 0 Å². The van der Waals surface area contributed by atoms with Crippen molar-refractivity contribution in [3.05, 3.63) is 53.7 Å². The van der Waals surface area contributed by atoms with Crippen molar-refractivity contribution in [2.75, 3.05) is 24.2 Å². The molecule has 5 rings (SSSR count). The third-order valence-corrected chi connectivity index (χ3v) is 8.02. The normalized spacial score (nSPS) is 15.3. The molecule has 4 heterocycles. The summed E-state index contributed by atoms with van der Waals surface area (Å²) >= 11 is 1.29. The summed E-state index contributed by atoms with van der Waals surface area (Å²) in [6, 6.07) is 3.75. The van der Waals surface area contributed by atoms with Crippen LogP contribution in [0.1, 0.15) is 18.4 Å². The van der Waals surface area contributed by atoms with Crippen LogP contribution in [0.2, 0.25) is 0 Å². The first-order valence-electron chi connectivity index (χ1n) is 11.0. The minimum absolute atomic E-state index is 0.111. The molecule has 1 saturated heterocycles. The van der Waals surface area contributed by atoms with Crippen LogP contribution < -0.4 is 9.64 Å². The van der Waals surface area contributed by atoms with E-state index in [0.29, 0.717) is 47.6 Å². The summed E-state index contributed by atoms with van der Waals surface area (Å²) in [5.41, 5.74) is 0.299. The topological polar surface area (TPSA) is 98.2 Å². The van der Waals surface area contributed by atoms with Crippen LogP contribution in [0.5, 0.6) is 5.88 Å². The Morgan fingerprint density at radius 2 is 1.76 bits per heavy atom. The standard InChI is InChI=1S/C23H19F4N5O3S2/c1-37(33,34)15-2-3-16(18(24)8-15)17-11-36-20-19(17)30-12-31-21(20)35-14-4-6-32(7-5-14)22-28-9-13(10-29-22)23(25,26)27/h2-3,8-12,14H,4-7H2,1H3. The third-order valence-electron chi connectivity index (χ3n) is 5.95. The van der Waals surface area contributed by atoms with Gasteiger partial charge in [0.1, 0.15) is 22.9 Å². The Kier molecular flexibility index (Phi) is 6.48. The van der Waals surface area contributed by atoms with Gasteiger partial charge < -0.3 is 9.64 Å². The molecule has 1 fully saturated rings. The van der Waals surface area contributed by atoms with Crippen molar-refractivity contribution in [2.24, 2.45) is 0 Å². The average Bonchev–Trinajstić information content (AvgIpc) is 3.28. The zero-order valence-electron chi connectivity index (χ0n) is 19.2. The molecule has 0 N–H and O–H groups in total. The van der Waals surface area contributed by atoms with Gasteiger partial charge in [-0.1, -0.05) is 6.07 Å². The first-order valence-corrected chi connectivity index (χ1v) is 13.8. The maximum absolute atomic E-state index is 14.8. The molecule has 1 aromatic carbocycles. The lowest BCUT2D eigenvalue weighted by Gasteiger charge is -2.31. The van der Waals surface area contributed by atoms with E-state index in [4.69, 9.17) is 4.74 Å². The molecule has 1 aliphatic heterocycles. The molecule has 37 heavy (non-hydrogen) atoms. The Morgan fingerprint density at radius 3 is 2.38 bits per heavy atom. The number of thiophene rings is 1. The van der Waals surface area contributed by atoms with E-state index in [2.05, 4.69) is 19.9 Å². The minimum atomic E-state index is -4.49. The van der Waals surface area contributed by atoms with Gasteiger partial charge in [-0.15, -0.1) is 11.3 Å². The lowest BCUT2D eigenvalue weighted by atomic mass is 10.1. The Labute approximate surface area is 212 Å². The number of aromatic nitrogens is 4. The molecule has 0 unspecified atom stereocenters. The number of anilines is 1. The van der Waals surface area contributed by atoms with E-state index in [1.165, 1.54) is 29.8 Å². The average molecular weight is 554 g/mol. The van der Waals surface area contributed by atoms with Crippen molar-refractivity contribution in [1.29, 1.82) is 0 Å². The third kappa shape index (κ3) is 5.21. The number of piperidine rings is 1. The van der Waals surface area contributed by atoms with Crippen molar-refractivity contribution in [2.45, 2.75) is 30.0 Å². The largest absolute Gasteiger partial charge is 0.473 e. The fourth-order valence-electron chi connectivity index (χ4n) is 4.01. The Morgan fingerprint density at radius 1 is 1.05 bits per heavy atom. The molecule has 0 bridgehead atoms. The van der Waals surface area contributed by atoms with Crippen LogP contribution >= 0.6 is 11.3 Å². The summed E-state index contributed by atoms with van der Waals surface area (Å²) < 4.78 is 83.2. The summed E-state index contributed by atoms with van der Waals surface area (Å²) in [4.78, 5) is 17.9. The molecule has 8 nitrogen and oxygen atoms in total. The molecule has 0 amide bonds. The summed E-state index contributed by atoms with van der Waals surface area (Å²) in [5.74, 6) is -0.108. The number of halogens is 4. The van der Waals surface area contributed by atoms with Gasteiger partial charge in [-0.2, -0.15) is 13.2 Å². The summed E-state index contributed by atoms with van der Waals surface area (Å²) in [5, 5.41) is 1.72. The van der Waals surface area contributed by atoms with E-state index in [9.17, 15) is 26.0 Å². The molecule has 14 heteroatoms. The highest BCUT2D eigenvalue weighted by atomic mass is 32.2. The number of sulfone groups is 1. The smallest absolute Gasteiger partial charge is 0.419 e.